The lowest BCUT2D eigenvalue weighted by atomic mass is 10.0. The molecule has 1 atom stereocenters. The lowest BCUT2D eigenvalue weighted by molar-refractivity contribution is -0.123. The van der Waals surface area contributed by atoms with Gasteiger partial charge in [0, 0.05) is 13.0 Å². The molecule has 1 amide bonds. The quantitative estimate of drug-likeness (QED) is 0.483. The summed E-state index contributed by atoms with van der Waals surface area (Å²) in [5.41, 5.74) is 0. The fourth-order valence-corrected chi connectivity index (χ4v) is 1.46. The predicted octanol–water partition coefficient (Wildman–Crippen LogP) is 0.268. The third-order valence-corrected chi connectivity index (χ3v) is 2.20. The summed E-state index contributed by atoms with van der Waals surface area (Å²) in [6.45, 7) is 1.54. The molecule has 0 bridgehead atoms. The SMILES string of the molecule is C#CCCNC(=O)[C@@H]1CCCCN1. The molecule has 3 heteroatoms. The number of amides is 1. The predicted molar refractivity (Wildman–Crippen MR) is 52.1 cm³/mol. The first-order valence-corrected chi connectivity index (χ1v) is 4.79. The van der Waals surface area contributed by atoms with Crippen molar-refractivity contribution in [2.75, 3.05) is 13.1 Å². The van der Waals surface area contributed by atoms with Crippen LogP contribution >= 0.6 is 0 Å². The van der Waals surface area contributed by atoms with Gasteiger partial charge in [-0.05, 0) is 19.4 Å². The van der Waals surface area contributed by atoms with Crippen molar-refractivity contribution < 1.29 is 4.79 Å². The Morgan fingerprint density at radius 1 is 1.62 bits per heavy atom. The lowest BCUT2D eigenvalue weighted by Crippen LogP contribution is -2.46. The second kappa shape index (κ2) is 5.60. The topological polar surface area (TPSA) is 41.1 Å². The minimum Gasteiger partial charge on any atom is -0.354 e. The maximum atomic E-state index is 11.4. The molecule has 0 saturated carbocycles. The fraction of sp³-hybridized carbons (Fsp3) is 0.700. The summed E-state index contributed by atoms with van der Waals surface area (Å²) in [6, 6.07) is 0.00604. The van der Waals surface area contributed by atoms with Crippen LogP contribution in [-0.2, 0) is 4.79 Å². The maximum absolute atomic E-state index is 11.4. The molecule has 1 fully saturated rings. The largest absolute Gasteiger partial charge is 0.354 e. The van der Waals surface area contributed by atoms with Gasteiger partial charge in [0.2, 0.25) is 5.91 Å². The van der Waals surface area contributed by atoms with E-state index in [1.165, 1.54) is 6.42 Å². The Labute approximate surface area is 79.3 Å². The highest BCUT2D eigenvalue weighted by atomic mass is 16.2. The first kappa shape index (κ1) is 10.1. The number of carbonyl (C=O) groups excluding carboxylic acids is 1. The average Bonchev–Trinajstić information content (AvgIpc) is 2.19. The molecule has 0 aromatic carbocycles. The van der Waals surface area contributed by atoms with E-state index in [-0.39, 0.29) is 11.9 Å². The molecule has 0 radical (unpaired) electrons. The van der Waals surface area contributed by atoms with E-state index in [2.05, 4.69) is 16.6 Å². The summed E-state index contributed by atoms with van der Waals surface area (Å²) in [5.74, 6) is 2.58. The number of piperidine rings is 1. The molecule has 0 spiro atoms. The van der Waals surface area contributed by atoms with Crippen LogP contribution in [0.3, 0.4) is 0 Å². The molecule has 13 heavy (non-hydrogen) atoms. The Morgan fingerprint density at radius 3 is 3.08 bits per heavy atom. The van der Waals surface area contributed by atoms with Crippen LogP contribution < -0.4 is 10.6 Å². The van der Waals surface area contributed by atoms with Crippen molar-refractivity contribution in [2.45, 2.75) is 31.7 Å². The van der Waals surface area contributed by atoms with E-state index in [9.17, 15) is 4.79 Å². The zero-order valence-electron chi connectivity index (χ0n) is 7.81. The van der Waals surface area contributed by atoms with E-state index in [1.807, 2.05) is 0 Å². The van der Waals surface area contributed by atoms with Crippen molar-refractivity contribution in [2.24, 2.45) is 0 Å². The van der Waals surface area contributed by atoms with Gasteiger partial charge in [-0.3, -0.25) is 4.79 Å². The summed E-state index contributed by atoms with van der Waals surface area (Å²) < 4.78 is 0. The normalized spacial score (nSPS) is 21.9. The third kappa shape index (κ3) is 3.47. The van der Waals surface area contributed by atoms with E-state index in [1.54, 1.807) is 0 Å². The monoisotopic (exact) mass is 180 g/mol. The van der Waals surface area contributed by atoms with Crippen LogP contribution in [-0.4, -0.2) is 25.0 Å². The zero-order valence-corrected chi connectivity index (χ0v) is 7.81. The zero-order chi connectivity index (χ0) is 9.52. The third-order valence-electron chi connectivity index (χ3n) is 2.20. The molecule has 0 aliphatic carbocycles. The smallest absolute Gasteiger partial charge is 0.237 e. The molecule has 1 heterocycles. The average molecular weight is 180 g/mol. The number of hydrogen-bond acceptors (Lipinski definition) is 2. The van der Waals surface area contributed by atoms with E-state index >= 15 is 0 Å². The minimum absolute atomic E-state index is 0.00604. The van der Waals surface area contributed by atoms with Crippen LogP contribution in [0, 0.1) is 12.3 Å². The molecular formula is C10H16N2O. The molecule has 72 valence electrons. The van der Waals surface area contributed by atoms with E-state index in [0.717, 1.165) is 19.4 Å². The summed E-state index contributed by atoms with van der Waals surface area (Å²) in [7, 11) is 0. The molecule has 0 aromatic heterocycles. The Balaban J connectivity index is 2.18. The van der Waals surface area contributed by atoms with Gasteiger partial charge in [0.1, 0.15) is 0 Å². The Morgan fingerprint density at radius 2 is 2.46 bits per heavy atom. The van der Waals surface area contributed by atoms with Crippen molar-refractivity contribution >= 4 is 5.91 Å². The maximum Gasteiger partial charge on any atom is 0.237 e. The Kier molecular flexibility index (Phi) is 4.34. The number of terminal acetylenes is 1. The van der Waals surface area contributed by atoms with Crippen LogP contribution in [0.5, 0.6) is 0 Å². The van der Waals surface area contributed by atoms with E-state index in [4.69, 9.17) is 6.42 Å². The van der Waals surface area contributed by atoms with Gasteiger partial charge in [0.05, 0.1) is 6.04 Å². The summed E-state index contributed by atoms with van der Waals surface area (Å²) in [6.07, 6.45) is 8.95. The highest BCUT2D eigenvalue weighted by Gasteiger charge is 2.19. The first-order chi connectivity index (χ1) is 6.34. The second-order valence-corrected chi connectivity index (χ2v) is 3.25. The molecule has 0 aromatic rings. The van der Waals surface area contributed by atoms with Gasteiger partial charge in [-0.2, -0.15) is 0 Å². The molecule has 1 aliphatic heterocycles. The van der Waals surface area contributed by atoms with E-state index in [0.29, 0.717) is 13.0 Å². The first-order valence-electron chi connectivity index (χ1n) is 4.79. The van der Waals surface area contributed by atoms with Gasteiger partial charge < -0.3 is 10.6 Å². The molecular weight excluding hydrogens is 164 g/mol. The Bertz CT molecular complexity index is 201. The molecule has 1 rings (SSSR count). The fourth-order valence-electron chi connectivity index (χ4n) is 1.46. The van der Waals surface area contributed by atoms with Crippen molar-refractivity contribution in [3.05, 3.63) is 0 Å². The van der Waals surface area contributed by atoms with Crippen LogP contribution in [0.1, 0.15) is 25.7 Å². The highest BCUT2D eigenvalue weighted by molar-refractivity contribution is 5.81. The lowest BCUT2D eigenvalue weighted by Gasteiger charge is -2.22. The molecule has 1 saturated heterocycles. The van der Waals surface area contributed by atoms with Crippen LogP contribution in [0.25, 0.3) is 0 Å². The van der Waals surface area contributed by atoms with Crippen LogP contribution in [0.2, 0.25) is 0 Å². The van der Waals surface area contributed by atoms with E-state index < -0.39 is 0 Å². The highest BCUT2D eigenvalue weighted by Crippen LogP contribution is 2.06. The molecule has 0 unspecified atom stereocenters. The second-order valence-electron chi connectivity index (χ2n) is 3.25. The van der Waals surface area contributed by atoms with Gasteiger partial charge in [-0.25, -0.2) is 0 Å². The Hall–Kier alpha value is -1.01. The van der Waals surface area contributed by atoms with Crippen molar-refractivity contribution in [1.29, 1.82) is 0 Å². The van der Waals surface area contributed by atoms with Gasteiger partial charge >= 0.3 is 0 Å². The summed E-state index contributed by atoms with van der Waals surface area (Å²) in [5, 5.41) is 5.99. The standard InChI is InChI=1S/C10H16N2O/c1-2-3-7-12-10(13)9-6-4-5-8-11-9/h1,9,11H,3-8H2,(H,12,13)/t9-/m0/s1. The van der Waals surface area contributed by atoms with Gasteiger partial charge in [0.25, 0.3) is 0 Å². The van der Waals surface area contributed by atoms with Crippen LogP contribution in [0.15, 0.2) is 0 Å². The van der Waals surface area contributed by atoms with Crippen molar-refractivity contribution in [3.8, 4) is 12.3 Å². The number of nitrogens with one attached hydrogen (secondary N) is 2. The number of rotatable bonds is 3. The van der Waals surface area contributed by atoms with Gasteiger partial charge in [-0.1, -0.05) is 6.42 Å². The van der Waals surface area contributed by atoms with Gasteiger partial charge in [0.15, 0.2) is 0 Å². The van der Waals surface area contributed by atoms with Crippen molar-refractivity contribution in [3.63, 3.8) is 0 Å². The van der Waals surface area contributed by atoms with Gasteiger partial charge in [-0.15, -0.1) is 12.3 Å². The summed E-state index contributed by atoms with van der Waals surface area (Å²) >= 11 is 0. The number of carbonyl (C=O) groups is 1. The van der Waals surface area contributed by atoms with Crippen molar-refractivity contribution in [1.82, 2.24) is 10.6 Å². The number of hydrogen-bond donors (Lipinski definition) is 2. The van der Waals surface area contributed by atoms with Crippen LogP contribution in [0.4, 0.5) is 0 Å². The summed E-state index contributed by atoms with van der Waals surface area (Å²) in [4.78, 5) is 11.4. The molecule has 2 N–H and O–H groups in total. The molecule has 1 aliphatic rings. The minimum atomic E-state index is 0.00604. The molecule has 3 nitrogen and oxygen atoms in total.